The number of halogens is 5. The van der Waals surface area contributed by atoms with Crippen molar-refractivity contribution in [2.45, 2.75) is 57.5 Å². The van der Waals surface area contributed by atoms with Gasteiger partial charge in [0, 0.05) is 126 Å². The Labute approximate surface area is 372 Å². The van der Waals surface area contributed by atoms with E-state index in [9.17, 15) is 32.3 Å². The van der Waals surface area contributed by atoms with E-state index in [0.29, 0.717) is 80.6 Å². The number of rotatable bonds is 10. The van der Waals surface area contributed by atoms with Crippen molar-refractivity contribution < 1.29 is 50.6 Å². The molecule has 4 amide bonds. The second-order valence-corrected chi connectivity index (χ2v) is 17.0. The van der Waals surface area contributed by atoms with E-state index in [1.807, 2.05) is 15.9 Å². The number of H-pyrrole nitrogens is 1. The molecule has 0 aliphatic carbocycles. The molecule has 0 radical (unpaired) electrons. The van der Waals surface area contributed by atoms with Crippen LogP contribution in [0.2, 0.25) is 0 Å². The number of fused-ring (bicyclic) bond motifs is 1. The van der Waals surface area contributed by atoms with Crippen molar-refractivity contribution in [3.05, 3.63) is 71.4 Å². The Hall–Kier alpha value is -6.37. The highest BCUT2D eigenvalue weighted by molar-refractivity contribution is 6.05. The Balaban J connectivity index is 0.992. The predicted molar refractivity (Wildman–Crippen MR) is 235 cm³/mol. The minimum Gasteiger partial charge on any atom is -0.495 e. The van der Waals surface area contributed by atoms with Gasteiger partial charge in [-0.05, 0) is 61.1 Å². The number of alkyl halides is 3. The standard InChI is InChI=1S/C46H51F5N8O6/c1-26(60)59-13-5-6-27(25-59)31-21-32(33-22-37(45(63)55(2)3)53-43(33)42(31)48)30-8-7-29(20-39(30)65-46(49,50)51)57-18-16-56(17-19-57)28-11-14-58(15-12-28)38-24-40(64-4)36(23-34(38)47)52-35-9-10-41(61)54-44(35)62/h6-8,20-24,28,35,52-53H,5,9-19,25H2,1-4H3,(H,54,61,62). The van der Waals surface area contributed by atoms with Gasteiger partial charge in [-0.15, -0.1) is 13.2 Å². The summed E-state index contributed by atoms with van der Waals surface area (Å²) in [4.78, 5) is 61.3. The quantitative estimate of drug-likeness (QED) is 0.122. The average Bonchev–Trinajstić information content (AvgIpc) is 3.73. The van der Waals surface area contributed by atoms with Crippen molar-refractivity contribution >= 4 is 57.2 Å². The second-order valence-electron chi connectivity index (χ2n) is 17.0. The minimum atomic E-state index is -5.07. The molecule has 5 heterocycles. The maximum absolute atomic E-state index is 16.5. The number of piperazine rings is 1. The number of hydrogen-bond donors (Lipinski definition) is 3. The molecule has 65 heavy (non-hydrogen) atoms. The highest BCUT2D eigenvalue weighted by atomic mass is 19.4. The largest absolute Gasteiger partial charge is 0.573 e. The van der Waals surface area contributed by atoms with E-state index in [-0.39, 0.29) is 70.5 Å². The normalized spacial score (nSPS) is 19.0. The molecule has 4 aliphatic heterocycles. The summed E-state index contributed by atoms with van der Waals surface area (Å²) >= 11 is 0. The number of aromatic amines is 1. The molecule has 0 spiro atoms. The maximum Gasteiger partial charge on any atom is 0.573 e. The molecule has 1 unspecified atom stereocenters. The zero-order valence-corrected chi connectivity index (χ0v) is 36.5. The number of benzene rings is 3. The number of aromatic nitrogens is 1. The van der Waals surface area contributed by atoms with Crippen LogP contribution in [0.3, 0.4) is 0 Å². The number of imide groups is 1. The number of anilines is 3. The van der Waals surface area contributed by atoms with E-state index in [0.717, 1.165) is 12.8 Å². The van der Waals surface area contributed by atoms with Crippen LogP contribution in [0, 0.1) is 11.6 Å². The van der Waals surface area contributed by atoms with Gasteiger partial charge < -0.3 is 39.4 Å². The maximum atomic E-state index is 16.5. The lowest BCUT2D eigenvalue weighted by atomic mass is 9.92. The smallest absolute Gasteiger partial charge is 0.495 e. The summed E-state index contributed by atoms with van der Waals surface area (Å²) < 4.78 is 84.9. The summed E-state index contributed by atoms with van der Waals surface area (Å²) in [5, 5.41) is 5.49. The van der Waals surface area contributed by atoms with Crippen LogP contribution in [0.1, 0.15) is 55.1 Å². The van der Waals surface area contributed by atoms with Gasteiger partial charge in [0.25, 0.3) is 5.91 Å². The fourth-order valence-electron chi connectivity index (χ4n) is 9.32. The van der Waals surface area contributed by atoms with Crippen molar-refractivity contribution in [1.29, 1.82) is 0 Å². The van der Waals surface area contributed by atoms with Gasteiger partial charge in [-0.3, -0.25) is 29.4 Å². The Kier molecular flexibility index (Phi) is 12.7. The first-order chi connectivity index (χ1) is 31.0. The number of piperidine rings is 2. The molecule has 0 bridgehead atoms. The molecule has 4 aliphatic rings. The van der Waals surface area contributed by atoms with Gasteiger partial charge >= 0.3 is 6.36 Å². The molecule has 346 valence electrons. The van der Waals surface area contributed by atoms with Gasteiger partial charge in [0.2, 0.25) is 17.7 Å². The summed E-state index contributed by atoms with van der Waals surface area (Å²) in [5.74, 6) is -2.77. The van der Waals surface area contributed by atoms with Crippen LogP contribution in [0.4, 0.5) is 39.0 Å². The first kappa shape index (κ1) is 45.2. The van der Waals surface area contributed by atoms with Crippen molar-refractivity contribution in [3.63, 3.8) is 0 Å². The lowest BCUT2D eigenvalue weighted by Crippen LogP contribution is -2.53. The van der Waals surface area contributed by atoms with E-state index < -0.39 is 41.6 Å². The predicted octanol–water partition coefficient (Wildman–Crippen LogP) is 6.37. The lowest BCUT2D eigenvalue weighted by molar-refractivity contribution is -0.274. The van der Waals surface area contributed by atoms with Crippen LogP contribution < -0.4 is 29.9 Å². The number of carbonyl (C=O) groups excluding carboxylic acids is 4. The SMILES string of the molecule is COc1cc(N2CCC(N3CCN(c4ccc(-c5cc(C6=CCCN(C(C)=O)C6)c(F)c6[nH]c(C(=O)N(C)C)cc56)c(OC(F)(F)F)c4)CC3)CC2)c(F)cc1NC1CCC(=O)NC1=O. The van der Waals surface area contributed by atoms with E-state index in [1.54, 1.807) is 17.0 Å². The fraction of sp³-hybridized carbons (Fsp3) is 0.435. The van der Waals surface area contributed by atoms with Crippen molar-refractivity contribution in [2.75, 3.05) is 88.7 Å². The van der Waals surface area contributed by atoms with Crippen LogP contribution in [0.15, 0.2) is 48.5 Å². The van der Waals surface area contributed by atoms with Crippen molar-refractivity contribution in [1.82, 2.24) is 25.0 Å². The zero-order valence-electron chi connectivity index (χ0n) is 36.5. The van der Waals surface area contributed by atoms with Crippen LogP contribution in [0.5, 0.6) is 11.5 Å². The van der Waals surface area contributed by atoms with E-state index in [4.69, 9.17) is 9.47 Å². The number of methoxy groups -OCH3 is 1. The molecular weight excluding hydrogens is 856 g/mol. The first-order valence-corrected chi connectivity index (χ1v) is 21.6. The molecule has 8 rings (SSSR count). The summed E-state index contributed by atoms with van der Waals surface area (Å²) in [6, 6.07) is 9.89. The van der Waals surface area contributed by atoms with Gasteiger partial charge in [-0.25, -0.2) is 8.78 Å². The molecule has 19 heteroatoms. The number of amides is 4. The zero-order chi connectivity index (χ0) is 46.3. The van der Waals surface area contributed by atoms with E-state index in [1.165, 1.54) is 63.4 Å². The topological polar surface area (TPSA) is 143 Å². The average molecular weight is 907 g/mol. The van der Waals surface area contributed by atoms with Crippen LogP contribution in [-0.4, -0.2) is 135 Å². The molecule has 1 aromatic heterocycles. The van der Waals surface area contributed by atoms with Gasteiger partial charge in [-0.1, -0.05) is 6.08 Å². The molecule has 3 saturated heterocycles. The highest BCUT2D eigenvalue weighted by Crippen LogP contribution is 2.43. The van der Waals surface area contributed by atoms with Crippen molar-refractivity contribution in [3.8, 4) is 22.6 Å². The fourth-order valence-corrected chi connectivity index (χ4v) is 9.32. The number of nitrogens with one attached hydrogen (secondary N) is 3. The van der Waals surface area contributed by atoms with Crippen LogP contribution in [-0.2, 0) is 14.4 Å². The summed E-state index contributed by atoms with van der Waals surface area (Å²) in [5.41, 5.74) is 2.02. The van der Waals surface area contributed by atoms with Gasteiger partial charge in [-0.2, -0.15) is 0 Å². The molecular formula is C46H51F5N8O6. The number of nitrogens with zero attached hydrogens (tertiary/aromatic N) is 5. The summed E-state index contributed by atoms with van der Waals surface area (Å²) in [6.45, 7) is 5.39. The van der Waals surface area contributed by atoms with Crippen LogP contribution in [0.25, 0.3) is 27.6 Å². The third kappa shape index (κ3) is 9.55. The molecule has 3 fully saturated rings. The summed E-state index contributed by atoms with van der Waals surface area (Å²) in [7, 11) is 4.53. The molecule has 4 aromatic rings. The number of hydrogen-bond acceptors (Lipinski definition) is 10. The summed E-state index contributed by atoms with van der Waals surface area (Å²) in [6.07, 6.45) is -0.856. The van der Waals surface area contributed by atoms with Crippen LogP contribution >= 0.6 is 0 Å². The van der Waals surface area contributed by atoms with Gasteiger partial charge in [0.05, 0.1) is 24.0 Å². The number of ether oxygens (including phenoxy) is 2. The van der Waals surface area contributed by atoms with Crippen molar-refractivity contribution in [2.24, 2.45) is 0 Å². The Morgan fingerprint density at radius 1 is 0.862 bits per heavy atom. The molecule has 3 aromatic carbocycles. The monoisotopic (exact) mass is 906 g/mol. The van der Waals surface area contributed by atoms with Gasteiger partial charge in [0.1, 0.15) is 29.1 Å². The second kappa shape index (κ2) is 18.3. The Bertz CT molecular complexity index is 2540. The lowest BCUT2D eigenvalue weighted by Gasteiger charge is -2.44. The van der Waals surface area contributed by atoms with E-state index >= 15 is 8.78 Å². The van der Waals surface area contributed by atoms with E-state index in [2.05, 4.69) is 20.5 Å². The number of carbonyl (C=O) groups is 4. The molecule has 14 nitrogen and oxygen atoms in total. The molecule has 1 atom stereocenters. The molecule has 3 N–H and O–H groups in total. The first-order valence-electron chi connectivity index (χ1n) is 21.6. The van der Waals surface area contributed by atoms with Gasteiger partial charge in [0.15, 0.2) is 5.82 Å². The minimum absolute atomic E-state index is 0.0414. The Morgan fingerprint density at radius 3 is 2.26 bits per heavy atom. The Morgan fingerprint density at radius 2 is 1.60 bits per heavy atom. The third-order valence-electron chi connectivity index (χ3n) is 12.8. The third-order valence-corrected chi connectivity index (χ3v) is 12.8. The highest BCUT2D eigenvalue weighted by Gasteiger charge is 2.35. The molecule has 0 saturated carbocycles.